The van der Waals surface area contributed by atoms with Crippen molar-refractivity contribution in [1.82, 2.24) is 0 Å². The van der Waals surface area contributed by atoms with Gasteiger partial charge in [0.05, 0.1) is 0 Å². The fraction of sp³-hybridized carbons (Fsp3) is 0.583. The fourth-order valence-corrected chi connectivity index (χ4v) is 2.18. The van der Waals surface area contributed by atoms with E-state index in [1.165, 1.54) is 20.6 Å². The Labute approximate surface area is 126 Å². The third kappa shape index (κ3) is 5.36. The van der Waals surface area contributed by atoms with E-state index in [9.17, 15) is 13.2 Å². The van der Waals surface area contributed by atoms with Crippen molar-refractivity contribution in [3.8, 4) is 0 Å². The number of carbonyl (C=O) groups excluding carboxylic acids is 1. The summed E-state index contributed by atoms with van der Waals surface area (Å²) in [5.74, 6) is -3.01. The number of carbonyl (C=O) groups is 1. The summed E-state index contributed by atoms with van der Waals surface area (Å²) >= 11 is 2.25. The van der Waals surface area contributed by atoms with Crippen molar-refractivity contribution < 1.29 is 52.9 Å². The van der Waals surface area contributed by atoms with Gasteiger partial charge in [0.2, 0.25) is 0 Å². The Hall–Kier alpha value is -0.686. The van der Waals surface area contributed by atoms with Crippen molar-refractivity contribution in [2.24, 2.45) is 5.41 Å². The average Bonchev–Trinajstić information content (AvgIpc) is 2.34. The van der Waals surface area contributed by atoms with Crippen LogP contribution >= 0.6 is 0 Å². The quantitative estimate of drug-likeness (QED) is 0.341. The molecule has 0 aromatic heterocycles. The molecule has 0 unspecified atom stereocenters. The van der Waals surface area contributed by atoms with Gasteiger partial charge < -0.3 is 19.3 Å². The van der Waals surface area contributed by atoms with Crippen molar-refractivity contribution in [2.75, 3.05) is 0 Å². The molecule has 0 N–H and O–H groups in total. The maximum absolute atomic E-state index is 10.5. The van der Waals surface area contributed by atoms with Crippen LogP contribution in [-0.4, -0.2) is 12.1 Å². The summed E-state index contributed by atoms with van der Waals surface area (Å²) in [5, 5.41) is 8.78. The summed E-state index contributed by atoms with van der Waals surface area (Å²) in [4.78, 5) is 8.78. The number of hydrogen-bond acceptors (Lipinski definition) is 2. The molecule has 1 aliphatic carbocycles. The summed E-state index contributed by atoms with van der Waals surface area (Å²) in [6, 6.07) is 0. The van der Waals surface area contributed by atoms with Gasteiger partial charge in [-0.1, -0.05) is 0 Å². The maximum atomic E-state index is 10.5. The van der Waals surface area contributed by atoms with E-state index in [2.05, 4.69) is 55.1 Å². The van der Waals surface area contributed by atoms with Crippen LogP contribution in [0.2, 0.25) is 0 Å². The summed E-state index contributed by atoms with van der Waals surface area (Å²) in [6.45, 7) is 11.3. The van der Waals surface area contributed by atoms with Crippen LogP contribution in [0.1, 0.15) is 34.6 Å². The molecule has 0 saturated carbocycles. The molecule has 0 bridgehead atoms. The first-order valence-corrected chi connectivity index (χ1v) is 6.01. The summed E-state index contributed by atoms with van der Waals surface area (Å²) in [5.41, 5.74) is 4.83. The Kier molecular flexibility index (Phi) is 9.65. The number of hydrogen-bond donors (Lipinski definition) is 0. The van der Waals surface area contributed by atoms with E-state index in [1.54, 1.807) is 0 Å². The Morgan fingerprint density at radius 3 is 1.45 bits per heavy atom. The van der Waals surface area contributed by atoms with Crippen LogP contribution in [0.3, 0.4) is 0 Å². The number of aliphatic carboxylic acids is 1. The van der Waals surface area contributed by atoms with Gasteiger partial charge >= 0.3 is 87.2 Å². The molecule has 2 nitrogen and oxygen atoms in total. The minimum absolute atomic E-state index is 0. The molecular weight excluding hydrogens is 319 g/mol. The second kappa shape index (κ2) is 7.93. The van der Waals surface area contributed by atoms with Crippen LogP contribution in [-0.2, 0) is 25.2 Å². The smallest absolute Gasteiger partial charge is 0.430 e. The molecule has 0 atom stereocenters. The zero-order valence-electron chi connectivity index (χ0n) is 11.7. The molecule has 1 aliphatic rings. The molecule has 0 radical (unpaired) electrons. The van der Waals surface area contributed by atoms with Crippen molar-refractivity contribution >= 4 is 5.97 Å². The molecule has 0 amide bonds. The standard InChI is InChI=1S/C10H15.C2HF3O2.2FH.Ti/c1-7-6-10(4,5)9(3)8(7)2;3-2(4,5)1(6)7;;;/h1-5H3;(H,6,7);2*1H;/q;;;;+3/p-3. The Morgan fingerprint density at radius 2 is 1.40 bits per heavy atom. The largest absolute Gasteiger partial charge is 1.00 e. The van der Waals surface area contributed by atoms with Gasteiger partial charge in [-0.25, -0.2) is 0 Å². The van der Waals surface area contributed by atoms with E-state index in [1.807, 2.05) is 0 Å². The van der Waals surface area contributed by atoms with Gasteiger partial charge in [-0.15, -0.1) is 0 Å². The molecule has 20 heavy (non-hydrogen) atoms. The fourth-order valence-electron chi connectivity index (χ4n) is 1.59. The van der Waals surface area contributed by atoms with E-state index in [0.717, 1.165) is 0 Å². The van der Waals surface area contributed by atoms with E-state index >= 15 is 0 Å². The second-order valence-corrected chi connectivity index (χ2v) is 5.44. The SMILES string of the molecule is CC1=C(C)C(C)(C)[C]([Ti+3])=C1C.O=C([O-])C(F)(F)F.[F-].[F-]. The molecule has 0 fully saturated rings. The zero-order chi connectivity index (χ0) is 14.9. The Balaban J connectivity index is -0.000000286. The van der Waals surface area contributed by atoms with Gasteiger partial charge in [0.25, 0.3) is 0 Å². The summed E-state index contributed by atoms with van der Waals surface area (Å²) in [6.07, 6.45) is -5.19. The Bertz CT molecular complexity index is 396. The first-order chi connectivity index (χ1) is 7.83. The molecule has 0 heterocycles. The van der Waals surface area contributed by atoms with Crippen molar-refractivity contribution in [2.45, 2.75) is 40.8 Å². The molecular formula is C12H15F5O2Ti. The van der Waals surface area contributed by atoms with E-state index in [-0.39, 0.29) is 9.41 Å². The number of carboxylic acids is 1. The Morgan fingerprint density at radius 1 is 1.10 bits per heavy atom. The van der Waals surface area contributed by atoms with Gasteiger partial charge in [0.15, 0.2) is 0 Å². The van der Waals surface area contributed by atoms with Crippen LogP contribution in [0, 0.1) is 5.41 Å². The molecule has 8 heteroatoms. The third-order valence-corrected chi connectivity index (χ3v) is 4.86. The minimum atomic E-state index is -5.19. The molecule has 0 aromatic rings. The van der Waals surface area contributed by atoms with Gasteiger partial charge in [-0.2, -0.15) is 13.2 Å². The minimum Gasteiger partial charge on any atom is -1.00 e. The molecule has 0 saturated heterocycles. The van der Waals surface area contributed by atoms with E-state index in [4.69, 9.17) is 9.90 Å². The number of halogens is 5. The van der Waals surface area contributed by atoms with Crippen LogP contribution < -0.4 is 14.5 Å². The topological polar surface area (TPSA) is 40.1 Å². The number of rotatable bonds is 0. The van der Waals surface area contributed by atoms with Crippen molar-refractivity contribution in [3.63, 3.8) is 0 Å². The number of alkyl halides is 3. The summed E-state index contributed by atoms with van der Waals surface area (Å²) in [7, 11) is 0. The molecule has 0 aromatic carbocycles. The van der Waals surface area contributed by atoms with Crippen LogP contribution in [0.4, 0.5) is 13.2 Å². The van der Waals surface area contributed by atoms with Gasteiger partial charge in [-0.3, -0.25) is 0 Å². The molecule has 0 spiro atoms. The molecule has 0 aliphatic heterocycles. The van der Waals surface area contributed by atoms with Crippen molar-refractivity contribution in [1.29, 1.82) is 0 Å². The van der Waals surface area contributed by atoms with Gasteiger partial charge in [0.1, 0.15) is 5.97 Å². The molecule has 114 valence electrons. The monoisotopic (exact) mass is 334 g/mol. The predicted octanol–water partition coefficient (Wildman–Crippen LogP) is -3.51. The van der Waals surface area contributed by atoms with Crippen LogP contribution in [0.15, 0.2) is 20.6 Å². The number of carboxylic acid groups (broad SMARTS) is 1. The first kappa shape index (κ1) is 24.3. The number of allylic oxidation sites excluding steroid dienone is 4. The average molecular weight is 334 g/mol. The maximum Gasteiger partial charge on any atom is 0.430 e. The van der Waals surface area contributed by atoms with Crippen LogP contribution in [0.25, 0.3) is 0 Å². The zero-order valence-corrected chi connectivity index (χ0v) is 13.3. The van der Waals surface area contributed by atoms with E-state index < -0.39 is 12.1 Å². The van der Waals surface area contributed by atoms with Crippen LogP contribution in [0.5, 0.6) is 0 Å². The van der Waals surface area contributed by atoms with E-state index in [0.29, 0.717) is 5.41 Å². The first-order valence-electron chi connectivity index (χ1n) is 5.23. The van der Waals surface area contributed by atoms with Crippen molar-refractivity contribution in [3.05, 3.63) is 20.6 Å². The van der Waals surface area contributed by atoms with Gasteiger partial charge in [-0.05, 0) is 0 Å². The molecule has 1 rings (SSSR count). The predicted molar refractivity (Wildman–Crippen MR) is 55.9 cm³/mol. The normalized spacial score (nSPS) is 16.9. The third-order valence-electron chi connectivity index (χ3n) is 3.29. The summed E-state index contributed by atoms with van der Waals surface area (Å²) < 4.78 is 33.1. The van der Waals surface area contributed by atoms with Gasteiger partial charge in [0, 0.05) is 0 Å². The second-order valence-electron chi connectivity index (χ2n) is 4.66.